The number of amides is 1. The van der Waals surface area contributed by atoms with Crippen LogP contribution in [0, 0.1) is 6.92 Å². The molecule has 0 spiro atoms. The number of rotatable bonds is 7. The van der Waals surface area contributed by atoms with Gasteiger partial charge in [-0.25, -0.2) is 0 Å². The quantitative estimate of drug-likeness (QED) is 0.570. The van der Waals surface area contributed by atoms with Gasteiger partial charge in [0.2, 0.25) is 5.91 Å². The number of carbonyl (C=O) groups is 1. The van der Waals surface area contributed by atoms with Gasteiger partial charge in [-0.2, -0.15) is 0 Å². The molecule has 3 N–H and O–H groups in total. The number of nitrogens with two attached hydrogens (primary N) is 1. The molecule has 18 heavy (non-hydrogen) atoms. The topological polar surface area (TPSA) is 73.6 Å². The van der Waals surface area contributed by atoms with E-state index in [1.807, 2.05) is 19.9 Å². The molecule has 0 aliphatic heterocycles. The average molecular weight is 252 g/mol. The second kappa shape index (κ2) is 7.68. The van der Waals surface area contributed by atoms with Gasteiger partial charge in [-0.1, -0.05) is 6.07 Å². The summed E-state index contributed by atoms with van der Waals surface area (Å²) in [5.41, 5.74) is 7.99. The summed E-state index contributed by atoms with van der Waals surface area (Å²) in [6.45, 7) is 5.35. The van der Waals surface area contributed by atoms with Gasteiger partial charge in [-0.3, -0.25) is 4.79 Å². The Labute approximate surface area is 107 Å². The molecule has 5 heteroatoms. The Morgan fingerprint density at radius 3 is 2.78 bits per heavy atom. The van der Waals surface area contributed by atoms with Crippen LogP contribution in [0.15, 0.2) is 18.2 Å². The molecule has 0 radical (unpaired) electrons. The van der Waals surface area contributed by atoms with E-state index in [0.717, 1.165) is 5.56 Å². The van der Waals surface area contributed by atoms with E-state index < -0.39 is 0 Å². The predicted molar refractivity (Wildman–Crippen MR) is 71.5 cm³/mol. The molecule has 100 valence electrons. The number of carbonyl (C=O) groups excluding carboxylic acids is 1. The van der Waals surface area contributed by atoms with Crippen molar-refractivity contribution in [2.75, 3.05) is 37.5 Å². The highest BCUT2D eigenvalue weighted by molar-refractivity contribution is 5.93. The number of hydrogen-bond acceptors (Lipinski definition) is 4. The summed E-state index contributed by atoms with van der Waals surface area (Å²) in [7, 11) is 0. The minimum Gasteiger partial charge on any atom is -0.398 e. The lowest BCUT2D eigenvalue weighted by molar-refractivity contribution is -0.121. The van der Waals surface area contributed by atoms with Crippen molar-refractivity contribution in [2.24, 2.45) is 0 Å². The first-order valence-corrected chi connectivity index (χ1v) is 5.95. The van der Waals surface area contributed by atoms with Crippen LogP contribution in [-0.4, -0.2) is 32.3 Å². The molecular formula is C13H20N2O3. The molecular weight excluding hydrogens is 232 g/mol. The summed E-state index contributed by atoms with van der Waals surface area (Å²) in [4.78, 5) is 11.6. The van der Waals surface area contributed by atoms with Gasteiger partial charge >= 0.3 is 0 Å². The first-order chi connectivity index (χ1) is 8.65. The summed E-state index contributed by atoms with van der Waals surface area (Å²) in [5, 5.41) is 2.76. The Morgan fingerprint density at radius 1 is 1.33 bits per heavy atom. The van der Waals surface area contributed by atoms with Gasteiger partial charge in [0.05, 0.1) is 13.2 Å². The molecule has 5 nitrogen and oxygen atoms in total. The molecule has 0 unspecified atom stereocenters. The maximum Gasteiger partial charge on any atom is 0.250 e. The number of benzene rings is 1. The lowest BCUT2D eigenvalue weighted by atomic mass is 10.1. The fraction of sp³-hybridized carbons (Fsp3) is 0.462. The third-order valence-corrected chi connectivity index (χ3v) is 2.46. The molecule has 0 aliphatic carbocycles. The monoisotopic (exact) mass is 252 g/mol. The third-order valence-electron chi connectivity index (χ3n) is 2.46. The van der Waals surface area contributed by atoms with Crippen LogP contribution in [0.1, 0.15) is 12.5 Å². The molecule has 0 bridgehead atoms. The van der Waals surface area contributed by atoms with Crippen LogP contribution in [-0.2, 0) is 14.3 Å². The highest BCUT2D eigenvalue weighted by Crippen LogP contribution is 2.20. The number of anilines is 2. The van der Waals surface area contributed by atoms with Crippen molar-refractivity contribution in [3.05, 3.63) is 23.8 Å². The molecule has 0 atom stereocenters. The van der Waals surface area contributed by atoms with Gasteiger partial charge in [-0.05, 0) is 31.5 Å². The van der Waals surface area contributed by atoms with Crippen molar-refractivity contribution < 1.29 is 14.3 Å². The third kappa shape index (κ3) is 4.73. The van der Waals surface area contributed by atoms with E-state index >= 15 is 0 Å². The van der Waals surface area contributed by atoms with E-state index in [1.165, 1.54) is 0 Å². The summed E-state index contributed by atoms with van der Waals surface area (Å²) >= 11 is 0. The minimum atomic E-state index is -0.194. The van der Waals surface area contributed by atoms with Gasteiger partial charge in [0, 0.05) is 18.0 Å². The van der Waals surface area contributed by atoms with Crippen LogP contribution in [0.25, 0.3) is 0 Å². The van der Waals surface area contributed by atoms with E-state index in [4.69, 9.17) is 15.2 Å². The van der Waals surface area contributed by atoms with Crippen LogP contribution in [0.2, 0.25) is 0 Å². The maximum atomic E-state index is 11.6. The Balaban J connectivity index is 2.34. The molecule has 1 aromatic rings. The van der Waals surface area contributed by atoms with Crippen molar-refractivity contribution in [2.45, 2.75) is 13.8 Å². The van der Waals surface area contributed by atoms with Gasteiger partial charge in [0.1, 0.15) is 6.61 Å². The highest BCUT2D eigenvalue weighted by Gasteiger charge is 2.06. The Morgan fingerprint density at radius 2 is 2.06 bits per heavy atom. The molecule has 0 heterocycles. The normalized spacial score (nSPS) is 10.3. The fourth-order valence-corrected chi connectivity index (χ4v) is 1.40. The standard InChI is InChI=1S/C13H20N2O3/c1-3-17-7-8-18-9-13(16)15-12-6-4-5-11(14)10(12)2/h4-6H,3,7-9,14H2,1-2H3,(H,15,16). The van der Waals surface area contributed by atoms with Crippen molar-refractivity contribution in [3.8, 4) is 0 Å². The average Bonchev–Trinajstić information content (AvgIpc) is 2.35. The molecule has 0 fully saturated rings. The number of hydrogen-bond donors (Lipinski definition) is 2. The molecule has 1 aromatic carbocycles. The predicted octanol–water partition coefficient (Wildman–Crippen LogP) is 1.57. The van der Waals surface area contributed by atoms with Gasteiger partial charge in [0.15, 0.2) is 0 Å². The second-order valence-corrected chi connectivity index (χ2v) is 3.82. The smallest absolute Gasteiger partial charge is 0.250 e. The molecule has 1 rings (SSSR count). The van der Waals surface area contributed by atoms with E-state index in [9.17, 15) is 4.79 Å². The van der Waals surface area contributed by atoms with Gasteiger partial charge < -0.3 is 20.5 Å². The molecule has 0 aliphatic rings. The lowest BCUT2D eigenvalue weighted by Crippen LogP contribution is -2.20. The molecule has 1 amide bonds. The zero-order valence-corrected chi connectivity index (χ0v) is 10.9. The van der Waals surface area contributed by atoms with Crippen LogP contribution >= 0.6 is 0 Å². The summed E-state index contributed by atoms with van der Waals surface area (Å²) in [6.07, 6.45) is 0. The van der Waals surface area contributed by atoms with Gasteiger partial charge in [-0.15, -0.1) is 0 Å². The highest BCUT2D eigenvalue weighted by atomic mass is 16.5. The van der Waals surface area contributed by atoms with Gasteiger partial charge in [0.25, 0.3) is 0 Å². The first-order valence-electron chi connectivity index (χ1n) is 5.95. The summed E-state index contributed by atoms with van der Waals surface area (Å²) in [6, 6.07) is 5.40. The SMILES string of the molecule is CCOCCOCC(=O)Nc1cccc(N)c1C. The Hall–Kier alpha value is -1.59. The lowest BCUT2D eigenvalue weighted by Gasteiger charge is -2.10. The zero-order valence-electron chi connectivity index (χ0n) is 10.9. The number of ether oxygens (including phenoxy) is 2. The van der Waals surface area contributed by atoms with E-state index in [0.29, 0.717) is 31.2 Å². The van der Waals surface area contributed by atoms with Crippen LogP contribution in [0.3, 0.4) is 0 Å². The first kappa shape index (κ1) is 14.5. The van der Waals surface area contributed by atoms with Crippen molar-refractivity contribution in [1.29, 1.82) is 0 Å². The Kier molecular flexibility index (Phi) is 6.18. The molecule has 0 saturated heterocycles. The van der Waals surface area contributed by atoms with E-state index in [2.05, 4.69) is 5.32 Å². The summed E-state index contributed by atoms with van der Waals surface area (Å²) < 4.78 is 10.3. The second-order valence-electron chi connectivity index (χ2n) is 3.82. The van der Waals surface area contributed by atoms with E-state index in [1.54, 1.807) is 12.1 Å². The largest absolute Gasteiger partial charge is 0.398 e. The van der Waals surface area contributed by atoms with Crippen LogP contribution in [0.5, 0.6) is 0 Å². The van der Waals surface area contributed by atoms with Crippen molar-refractivity contribution in [3.63, 3.8) is 0 Å². The van der Waals surface area contributed by atoms with Crippen LogP contribution in [0.4, 0.5) is 11.4 Å². The van der Waals surface area contributed by atoms with Crippen molar-refractivity contribution >= 4 is 17.3 Å². The molecule has 0 aromatic heterocycles. The summed E-state index contributed by atoms with van der Waals surface area (Å²) in [5.74, 6) is -0.194. The number of nitrogens with one attached hydrogen (secondary N) is 1. The molecule has 0 saturated carbocycles. The maximum absolute atomic E-state index is 11.6. The Bertz CT molecular complexity index is 394. The number of nitrogen functional groups attached to an aromatic ring is 1. The van der Waals surface area contributed by atoms with Crippen LogP contribution < -0.4 is 11.1 Å². The zero-order chi connectivity index (χ0) is 13.4. The van der Waals surface area contributed by atoms with Crippen molar-refractivity contribution in [1.82, 2.24) is 0 Å². The minimum absolute atomic E-state index is 0.0152. The van der Waals surface area contributed by atoms with E-state index in [-0.39, 0.29) is 12.5 Å². The fourth-order valence-electron chi connectivity index (χ4n) is 1.40.